The van der Waals surface area contributed by atoms with E-state index in [1.807, 2.05) is 0 Å². The van der Waals surface area contributed by atoms with Gasteiger partial charge in [0.05, 0.1) is 0 Å². The molecule has 0 saturated carbocycles. The smallest absolute Gasteiger partial charge is 0.130 e. The molecule has 1 rings (SSSR count). The van der Waals surface area contributed by atoms with Crippen LogP contribution in [0.4, 0.5) is 0 Å². The number of nitrogens with two attached hydrogens (primary N) is 1. The molecule has 0 radical (unpaired) electrons. The van der Waals surface area contributed by atoms with Crippen LogP contribution in [-0.2, 0) is 4.79 Å². The van der Waals surface area contributed by atoms with E-state index < -0.39 is 0 Å². The second-order valence-corrected chi connectivity index (χ2v) is 3.88. The summed E-state index contributed by atoms with van der Waals surface area (Å²) in [6, 6.07) is 0.227. The number of hydrogen-bond donors (Lipinski definition) is 1. The maximum Gasteiger partial charge on any atom is 0.130 e. The van der Waals surface area contributed by atoms with Crippen LogP contribution < -0.4 is 5.73 Å². The Morgan fingerprint density at radius 3 is 2.92 bits per heavy atom. The van der Waals surface area contributed by atoms with Gasteiger partial charge in [-0.1, -0.05) is 0 Å². The molecule has 1 aliphatic rings. The molecule has 0 aliphatic carbocycles. The number of carbonyl (C=O) groups excluding carboxylic acids is 1. The van der Waals surface area contributed by atoms with Crippen molar-refractivity contribution in [3.63, 3.8) is 0 Å². The minimum atomic E-state index is 0.227. The lowest BCUT2D eigenvalue weighted by Gasteiger charge is -2.34. The molecule has 0 aromatic rings. The van der Waals surface area contributed by atoms with Gasteiger partial charge in [-0.15, -0.1) is 0 Å². The molecule has 1 aliphatic heterocycles. The highest BCUT2D eigenvalue weighted by atomic mass is 16.1. The summed E-state index contributed by atoms with van der Waals surface area (Å²) in [7, 11) is 2.08. The van der Waals surface area contributed by atoms with Gasteiger partial charge in [0, 0.05) is 19.0 Å². The predicted molar refractivity (Wildman–Crippen MR) is 48.9 cm³/mol. The summed E-state index contributed by atoms with van der Waals surface area (Å²) in [5.41, 5.74) is 5.91. The van der Waals surface area contributed by atoms with Crippen LogP contribution in [0.1, 0.15) is 19.8 Å². The number of nitrogens with zero attached hydrogens (tertiary/aromatic N) is 1. The normalized spacial score (nSPS) is 31.9. The minimum Gasteiger partial charge on any atom is -0.327 e. The van der Waals surface area contributed by atoms with Crippen molar-refractivity contribution in [2.75, 3.05) is 20.1 Å². The van der Waals surface area contributed by atoms with E-state index in [1.165, 1.54) is 0 Å². The lowest BCUT2D eigenvalue weighted by atomic mass is 9.89. The van der Waals surface area contributed by atoms with E-state index in [-0.39, 0.29) is 11.8 Å². The standard InChI is InChI=1S/C9H18N2O/c1-7(12)5-8-6-11(2)4-3-9(8)10/h8-9H,3-6,10H2,1-2H3. The second kappa shape index (κ2) is 4.01. The van der Waals surface area contributed by atoms with E-state index in [0.717, 1.165) is 19.5 Å². The molecule has 0 amide bonds. The molecule has 12 heavy (non-hydrogen) atoms. The number of likely N-dealkylation sites (tertiary alicyclic amines) is 1. The fourth-order valence-corrected chi connectivity index (χ4v) is 1.82. The molecule has 1 saturated heterocycles. The Balaban J connectivity index is 2.43. The van der Waals surface area contributed by atoms with Gasteiger partial charge in [-0.2, -0.15) is 0 Å². The van der Waals surface area contributed by atoms with Crippen LogP contribution in [0.15, 0.2) is 0 Å². The summed E-state index contributed by atoms with van der Waals surface area (Å²) < 4.78 is 0. The van der Waals surface area contributed by atoms with Gasteiger partial charge in [0.15, 0.2) is 0 Å². The van der Waals surface area contributed by atoms with Crippen LogP contribution in [0.2, 0.25) is 0 Å². The zero-order valence-electron chi connectivity index (χ0n) is 7.92. The molecule has 3 heteroatoms. The molecule has 2 atom stereocenters. The minimum absolute atomic E-state index is 0.227. The molecule has 0 bridgehead atoms. The summed E-state index contributed by atoms with van der Waals surface area (Å²) in [6.45, 7) is 3.68. The zero-order valence-corrected chi connectivity index (χ0v) is 7.92. The first kappa shape index (κ1) is 9.68. The Bertz CT molecular complexity index is 170. The number of hydrogen-bond acceptors (Lipinski definition) is 3. The fraction of sp³-hybridized carbons (Fsp3) is 0.889. The van der Waals surface area contributed by atoms with E-state index in [9.17, 15) is 4.79 Å². The molecule has 0 aromatic carbocycles. The zero-order chi connectivity index (χ0) is 9.14. The number of Topliss-reactive ketones (excluding diaryl/α,β-unsaturated/α-hetero) is 1. The Morgan fingerprint density at radius 1 is 1.67 bits per heavy atom. The highest BCUT2D eigenvalue weighted by Crippen LogP contribution is 2.17. The van der Waals surface area contributed by atoms with Crippen molar-refractivity contribution in [3.05, 3.63) is 0 Å². The predicted octanol–water partition coefficient (Wildman–Crippen LogP) is 0.245. The van der Waals surface area contributed by atoms with Gasteiger partial charge in [0.2, 0.25) is 0 Å². The lowest BCUT2D eigenvalue weighted by Crippen LogP contribution is -2.46. The van der Waals surface area contributed by atoms with Crippen molar-refractivity contribution < 1.29 is 4.79 Å². The SMILES string of the molecule is CC(=O)CC1CN(C)CCC1N. The Kier molecular flexibility index (Phi) is 3.23. The summed E-state index contributed by atoms with van der Waals surface area (Å²) >= 11 is 0. The molecule has 70 valence electrons. The molecule has 2 unspecified atom stereocenters. The monoisotopic (exact) mass is 170 g/mol. The van der Waals surface area contributed by atoms with E-state index >= 15 is 0 Å². The number of rotatable bonds is 2. The third kappa shape index (κ3) is 2.57. The number of piperidine rings is 1. The third-order valence-corrected chi connectivity index (χ3v) is 2.55. The Hall–Kier alpha value is -0.410. The molecular formula is C9H18N2O. The van der Waals surface area contributed by atoms with Gasteiger partial charge in [-0.3, -0.25) is 0 Å². The summed E-state index contributed by atoms with van der Waals surface area (Å²) in [5, 5.41) is 0. The first-order valence-corrected chi connectivity index (χ1v) is 4.53. The Labute approximate surface area is 73.9 Å². The van der Waals surface area contributed by atoms with Gasteiger partial charge < -0.3 is 15.4 Å². The number of carbonyl (C=O) groups is 1. The molecule has 2 N–H and O–H groups in total. The average molecular weight is 170 g/mol. The molecular weight excluding hydrogens is 152 g/mol. The van der Waals surface area contributed by atoms with Crippen LogP contribution in [0.5, 0.6) is 0 Å². The van der Waals surface area contributed by atoms with Gasteiger partial charge in [-0.05, 0) is 32.9 Å². The molecule has 1 heterocycles. The van der Waals surface area contributed by atoms with E-state index in [4.69, 9.17) is 5.73 Å². The van der Waals surface area contributed by atoms with Gasteiger partial charge in [0.1, 0.15) is 5.78 Å². The van der Waals surface area contributed by atoms with Crippen LogP contribution in [0.3, 0.4) is 0 Å². The first-order valence-electron chi connectivity index (χ1n) is 4.53. The Morgan fingerprint density at radius 2 is 2.33 bits per heavy atom. The third-order valence-electron chi connectivity index (χ3n) is 2.55. The molecule has 3 nitrogen and oxygen atoms in total. The van der Waals surface area contributed by atoms with E-state index in [2.05, 4.69) is 11.9 Å². The van der Waals surface area contributed by atoms with Crippen molar-refractivity contribution in [2.45, 2.75) is 25.8 Å². The topological polar surface area (TPSA) is 46.3 Å². The second-order valence-electron chi connectivity index (χ2n) is 3.88. The van der Waals surface area contributed by atoms with Crippen molar-refractivity contribution >= 4 is 5.78 Å². The van der Waals surface area contributed by atoms with Crippen molar-refractivity contribution in [1.82, 2.24) is 4.90 Å². The summed E-state index contributed by atoms with van der Waals surface area (Å²) in [5.74, 6) is 0.631. The maximum absolute atomic E-state index is 10.9. The van der Waals surface area contributed by atoms with E-state index in [0.29, 0.717) is 12.3 Å². The summed E-state index contributed by atoms with van der Waals surface area (Å²) in [4.78, 5) is 13.1. The first-order chi connectivity index (χ1) is 5.59. The lowest BCUT2D eigenvalue weighted by molar-refractivity contribution is -0.118. The number of ketones is 1. The van der Waals surface area contributed by atoms with Crippen molar-refractivity contribution in [1.29, 1.82) is 0 Å². The quantitative estimate of drug-likeness (QED) is 0.646. The largest absolute Gasteiger partial charge is 0.327 e. The highest BCUT2D eigenvalue weighted by molar-refractivity contribution is 5.75. The van der Waals surface area contributed by atoms with E-state index in [1.54, 1.807) is 6.92 Å². The van der Waals surface area contributed by atoms with Crippen LogP contribution >= 0.6 is 0 Å². The highest BCUT2D eigenvalue weighted by Gasteiger charge is 2.25. The van der Waals surface area contributed by atoms with Crippen LogP contribution in [0, 0.1) is 5.92 Å². The summed E-state index contributed by atoms with van der Waals surface area (Å²) in [6.07, 6.45) is 1.67. The van der Waals surface area contributed by atoms with Crippen molar-refractivity contribution in [2.24, 2.45) is 11.7 Å². The maximum atomic E-state index is 10.9. The molecule has 1 fully saturated rings. The van der Waals surface area contributed by atoms with Gasteiger partial charge >= 0.3 is 0 Å². The molecule has 0 spiro atoms. The molecule has 0 aromatic heterocycles. The van der Waals surface area contributed by atoms with Gasteiger partial charge in [0.25, 0.3) is 0 Å². The average Bonchev–Trinajstić information content (AvgIpc) is 1.96. The van der Waals surface area contributed by atoms with Crippen LogP contribution in [0.25, 0.3) is 0 Å². The van der Waals surface area contributed by atoms with Gasteiger partial charge in [-0.25, -0.2) is 0 Å². The fourth-order valence-electron chi connectivity index (χ4n) is 1.82. The van der Waals surface area contributed by atoms with Crippen molar-refractivity contribution in [3.8, 4) is 0 Å². The van der Waals surface area contributed by atoms with Crippen LogP contribution in [-0.4, -0.2) is 36.9 Å².